The molecule has 2 aliphatic heterocycles. The Labute approximate surface area is 183 Å². The van der Waals surface area contributed by atoms with Crippen LogP contribution in [0.2, 0.25) is 0 Å². The number of fused-ring (bicyclic) bond motifs is 3. The molecule has 2 heterocycles. The quantitative estimate of drug-likeness (QED) is 0.730. The van der Waals surface area contributed by atoms with Crippen LogP contribution in [0.5, 0.6) is 0 Å². The van der Waals surface area contributed by atoms with Crippen molar-refractivity contribution in [1.29, 1.82) is 0 Å². The third kappa shape index (κ3) is 5.98. The summed E-state index contributed by atoms with van der Waals surface area (Å²) >= 11 is 0. The summed E-state index contributed by atoms with van der Waals surface area (Å²) < 4.78 is 0. The fourth-order valence-electron chi connectivity index (χ4n) is 4.95. The lowest BCUT2D eigenvalue weighted by Gasteiger charge is -2.35. The van der Waals surface area contributed by atoms with Crippen LogP contribution in [0.25, 0.3) is 0 Å². The first-order chi connectivity index (χ1) is 14.5. The molecule has 2 atom stereocenters. The Morgan fingerprint density at radius 2 is 1.87 bits per heavy atom. The van der Waals surface area contributed by atoms with Crippen LogP contribution >= 0.6 is 0 Å². The summed E-state index contributed by atoms with van der Waals surface area (Å²) in [4.78, 5) is 20.5. The van der Waals surface area contributed by atoms with E-state index in [-0.39, 0.29) is 5.91 Å². The second-order valence-electron chi connectivity index (χ2n) is 9.41. The van der Waals surface area contributed by atoms with Crippen LogP contribution < -0.4 is 5.32 Å². The summed E-state index contributed by atoms with van der Waals surface area (Å²) in [5, 5.41) is 3.68. The molecule has 0 saturated carbocycles. The molecule has 1 amide bonds. The van der Waals surface area contributed by atoms with Crippen molar-refractivity contribution in [3.05, 3.63) is 29.8 Å². The minimum atomic E-state index is 0.264. The van der Waals surface area contributed by atoms with E-state index in [1.807, 2.05) is 0 Å². The number of amides is 1. The van der Waals surface area contributed by atoms with Gasteiger partial charge in [0.25, 0.3) is 0 Å². The van der Waals surface area contributed by atoms with E-state index < -0.39 is 0 Å². The molecule has 3 rings (SSSR count). The number of hydrogen-bond acceptors (Lipinski definition) is 4. The second-order valence-corrected chi connectivity index (χ2v) is 9.41. The van der Waals surface area contributed by atoms with E-state index >= 15 is 0 Å². The normalized spacial score (nSPS) is 22.7. The molecule has 168 valence electrons. The first-order valence-electron chi connectivity index (χ1n) is 12.1. The van der Waals surface area contributed by atoms with Gasteiger partial charge < -0.3 is 10.2 Å². The third-order valence-electron chi connectivity index (χ3n) is 6.94. The Morgan fingerprint density at radius 1 is 1.13 bits per heavy atom. The second kappa shape index (κ2) is 11.1. The Balaban J connectivity index is 1.84. The van der Waals surface area contributed by atoms with Crippen LogP contribution in [0.3, 0.4) is 0 Å². The van der Waals surface area contributed by atoms with Crippen LogP contribution in [-0.4, -0.2) is 72.0 Å². The topological polar surface area (TPSA) is 38.8 Å². The first-order valence-corrected chi connectivity index (χ1v) is 12.1. The predicted molar refractivity (Wildman–Crippen MR) is 126 cm³/mol. The van der Waals surface area contributed by atoms with Crippen molar-refractivity contribution in [3.63, 3.8) is 0 Å². The maximum Gasteiger partial charge on any atom is 0.237 e. The lowest BCUT2D eigenvalue weighted by atomic mass is 10.1. The Bertz CT molecular complexity index is 673. The molecule has 1 aromatic rings. The monoisotopic (exact) mass is 414 g/mol. The van der Waals surface area contributed by atoms with Crippen LogP contribution in [0.4, 0.5) is 5.69 Å². The van der Waals surface area contributed by atoms with Gasteiger partial charge in [0.05, 0.1) is 6.54 Å². The first kappa shape index (κ1) is 23.1. The lowest BCUT2D eigenvalue weighted by Crippen LogP contribution is -2.48. The molecule has 0 radical (unpaired) electrons. The lowest BCUT2D eigenvalue weighted by molar-refractivity contribution is -0.133. The fraction of sp³-hybridized carbons (Fsp3) is 0.720. The van der Waals surface area contributed by atoms with Crippen LogP contribution in [0, 0.1) is 5.92 Å². The van der Waals surface area contributed by atoms with E-state index in [9.17, 15) is 4.79 Å². The molecule has 30 heavy (non-hydrogen) atoms. The third-order valence-corrected chi connectivity index (χ3v) is 6.94. The van der Waals surface area contributed by atoms with E-state index in [1.165, 1.54) is 36.9 Å². The van der Waals surface area contributed by atoms with Crippen LogP contribution in [-0.2, 0) is 11.3 Å². The van der Waals surface area contributed by atoms with Crippen molar-refractivity contribution in [1.82, 2.24) is 14.7 Å². The average Bonchev–Trinajstić information content (AvgIpc) is 3.10. The highest BCUT2D eigenvalue weighted by Gasteiger charge is 2.35. The molecule has 0 unspecified atom stereocenters. The van der Waals surface area contributed by atoms with Crippen molar-refractivity contribution < 1.29 is 4.79 Å². The van der Waals surface area contributed by atoms with Crippen LogP contribution in [0.15, 0.2) is 24.3 Å². The number of carbonyl (C=O) groups is 1. The smallest absolute Gasteiger partial charge is 0.237 e. The molecule has 1 N–H and O–H groups in total. The summed E-state index contributed by atoms with van der Waals surface area (Å²) in [5.41, 5.74) is 2.42. The molecular weight excluding hydrogens is 372 g/mol. The summed E-state index contributed by atoms with van der Waals surface area (Å²) in [6.07, 6.45) is 4.87. The summed E-state index contributed by atoms with van der Waals surface area (Å²) in [5.74, 6) is 0.977. The largest absolute Gasteiger partial charge is 0.385 e. The fourth-order valence-corrected chi connectivity index (χ4v) is 4.95. The van der Waals surface area contributed by atoms with Gasteiger partial charge in [-0.1, -0.05) is 45.9 Å². The molecule has 5 heteroatoms. The number of benzene rings is 1. The van der Waals surface area contributed by atoms with Crippen molar-refractivity contribution in [2.75, 3.05) is 44.6 Å². The molecular formula is C25H42N4O. The standard InChI is InChI=1S/C25H42N4O/c1-5-27(6-2)19-25(30)28-17-21-9-7-8-10-24(21)26-15-13-22-11-12-23(18-28)29(22)16-14-20(3)4/h7-10,20,22-23,26H,5-6,11-19H2,1-4H3/t22-,23+/m1/s1. The summed E-state index contributed by atoms with van der Waals surface area (Å²) in [6, 6.07) is 9.64. The molecule has 2 aliphatic rings. The number of likely N-dealkylation sites (N-methyl/N-ethyl adjacent to an activating group) is 1. The predicted octanol–water partition coefficient (Wildman–Crippen LogP) is 4.05. The average molecular weight is 415 g/mol. The SMILES string of the molecule is CCN(CC)CC(=O)N1Cc2ccccc2NCC[C@H]2CC[C@@H](C1)N2CCC(C)C. The van der Waals surface area contributed by atoms with Crippen molar-refractivity contribution in [2.24, 2.45) is 5.92 Å². The van der Waals surface area contributed by atoms with Gasteiger partial charge in [0.15, 0.2) is 0 Å². The van der Waals surface area contributed by atoms with Gasteiger partial charge in [0.1, 0.15) is 0 Å². The molecule has 1 fully saturated rings. The van der Waals surface area contributed by atoms with Gasteiger partial charge in [-0.2, -0.15) is 0 Å². The molecule has 1 aromatic carbocycles. The summed E-state index contributed by atoms with van der Waals surface area (Å²) in [6.45, 7) is 14.9. The molecule has 2 bridgehead atoms. The van der Waals surface area contributed by atoms with Crippen molar-refractivity contribution in [2.45, 2.75) is 72.0 Å². The van der Waals surface area contributed by atoms with Crippen molar-refractivity contribution in [3.8, 4) is 0 Å². The van der Waals surface area contributed by atoms with Crippen LogP contribution in [0.1, 0.15) is 58.9 Å². The van der Waals surface area contributed by atoms with E-state index in [1.54, 1.807) is 0 Å². The number of anilines is 1. The minimum absolute atomic E-state index is 0.264. The van der Waals surface area contributed by atoms with Gasteiger partial charge in [-0.25, -0.2) is 0 Å². The Hall–Kier alpha value is -1.59. The number of nitrogens with zero attached hydrogens (tertiary/aromatic N) is 3. The maximum atomic E-state index is 13.4. The highest BCUT2D eigenvalue weighted by molar-refractivity contribution is 5.78. The van der Waals surface area contributed by atoms with E-state index in [0.717, 1.165) is 32.7 Å². The maximum absolute atomic E-state index is 13.4. The zero-order valence-electron chi connectivity index (χ0n) is 19.6. The Morgan fingerprint density at radius 3 is 2.60 bits per heavy atom. The molecule has 0 aliphatic carbocycles. The Kier molecular flexibility index (Phi) is 8.58. The van der Waals surface area contributed by atoms with Crippen molar-refractivity contribution >= 4 is 11.6 Å². The zero-order chi connectivity index (χ0) is 21.5. The molecule has 0 spiro atoms. The highest BCUT2D eigenvalue weighted by Crippen LogP contribution is 2.30. The van der Waals surface area contributed by atoms with Gasteiger partial charge in [0.2, 0.25) is 5.91 Å². The molecule has 0 aromatic heterocycles. The number of rotatable bonds is 7. The summed E-state index contributed by atoms with van der Waals surface area (Å²) in [7, 11) is 0. The van der Waals surface area contributed by atoms with E-state index in [0.29, 0.717) is 31.1 Å². The van der Waals surface area contributed by atoms with E-state index in [2.05, 4.69) is 72.0 Å². The number of nitrogens with one attached hydrogen (secondary N) is 1. The van der Waals surface area contributed by atoms with E-state index in [4.69, 9.17) is 0 Å². The zero-order valence-corrected chi connectivity index (χ0v) is 19.6. The highest BCUT2D eigenvalue weighted by atomic mass is 16.2. The van der Waals surface area contributed by atoms with Gasteiger partial charge in [-0.15, -0.1) is 0 Å². The minimum Gasteiger partial charge on any atom is -0.385 e. The number of hydrogen-bond donors (Lipinski definition) is 1. The number of carbonyl (C=O) groups excluding carboxylic acids is 1. The van der Waals surface area contributed by atoms with Gasteiger partial charge in [0, 0.05) is 37.4 Å². The van der Waals surface area contributed by atoms with Gasteiger partial charge >= 0.3 is 0 Å². The van der Waals surface area contributed by atoms with Gasteiger partial charge in [-0.05, 0) is 62.9 Å². The van der Waals surface area contributed by atoms with Gasteiger partial charge in [-0.3, -0.25) is 14.6 Å². The molecule has 5 nitrogen and oxygen atoms in total. The number of para-hydroxylation sites is 1. The molecule has 1 saturated heterocycles.